The van der Waals surface area contributed by atoms with Crippen molar-refractivity contribution in [2.75, 3.05) is 25.5 Å². The number of carbonyl (C=O) groups excluding carboxylic acids is 1. The third-order valence-corrected chi connectivity index (χ3v) is 2.81. The Labute approximate surface area is 109 Å². The molecule has 1 aromatic rings. The minimum absolute atomic E-state index is 0.0241. The van der Waals surface area contributed by atoms with Gasteiger partial charge in [0.05, 0.1) is 6.10 Å². The highest BCUT2D eigenvalue weighted by atomic mass is 16.5. The number of amides is 1. The van der Waals surface area contributed by atoms with E-state index in [1.807, 2.05) is 39.0 Å². The number of ether oxygens (including phenoxy) is 1. The van der Waals surface area contributed by atoms with Gasteiger partial charge in [-0.25, -0.2) is 0 Å². The van der Waals surface area contributed by atoms with Gasteiger partial charge >= 0.3 is 0 Å². The molecule has 0 aromatic heterocycles. The molecule has 0 aliphatic heterocycles. The molecule has 4 heteroatoms. The molecule has 100 valence electrons. The van der Waals surface area contributed by atoms with Crippen molar-refractivity contribution in [2.24, 2.45) is 0 Å². The second-order valence-electron chi connectivity index (χ2n) is 4.32. The van der Waals surface area contributed by atoms with E-state index in [0.29, 0.717) is 12.1 Å². The molecule has 0 bridgehead atoms. The average Bonchev–Trinajstić information content (AvgIpc) is 2.38. The van der Waals surface area contributed by atoms with Gasteiger partial charge in [-0.15, -0.1) is 0 Å². The monoisotopic (exact) mass is 250 g/mol. The predicted molar refractivity (Wildman–Crippen MR) is 74.1 cm³/mol. The summed E-state index contributed by atoms with van der Waals surface area (Å²) in [5.41, 5.74) is 2.82. The van der Waals surface area contributed by atoms with Gasteiger partial charge in [0.1, 0.15) is 0 Å². The fraction of sp³-hybridized carbons (Fsp3) is 0.500. The molecule has 1 amide bonds. The normalized spacial score (nSPS) is 12.0. The van der Waals surface area contributed by atoms with E-state index < -0.39 is 0 Å². The van der Waals surface area contributed by atoms with Crippen LogP contribution in [0.15, 0.2) is 18.2 Å². The van der Waals surface area contributed by atoms with Crippen LogP contribution in [0.3, 0.4) is 0 Å². The van der Waals surface area contributed by atoms with Crippen LogP contribution in [0.1, 0.15) is 29.8 Å². The van der Waals surface area contributed by atoms with Crippen molar-refractivity contribution < 1.29 is 9.53 Å². The first-order valence-electron chi connectivity index (χ1n) is 6.24. The SMILES string of the molecule is CCNc1ccc(C(=O)NCC(C)OC)cc1C. The number of carbonyl (C=O) groups is 1. The van der Waals surface area contributed by atoms with E-state index in [1.54, 1.807) is 7.11 Å². The Kier molecular flexibility index (Phi) is 5.65. The molecule has 1 rings (SSSR count). The quantitative estimate of drug-likeness (QED) is 0.813. The van der Waals surface area contributed by atoms with Crippen molar-refractivity contribution in [3.8, 4) is 0 Å². The molecular formula is C14H22N2O2. The molecule has 0 spiro atoms. The standard InChI is InChI=1S/C14H22N2O2/c1-5-15-13-7-6-12(8-10(13)2)14(17)16-9-11(3)18-4/h6-8,11,15H,5,9H2,1-4H3,(H,16,17). The van der Waals surface area contributed by atoms with Crippen LogP contribution in [0.2, 0.25) is 0 Å². The lowest BCUT2D eigenvalue weighted by molar-refractivity contribution is 0.0870. The predicted octanol–water partition coefficient (Wildman–Crippen LogP) is 2.19. The van der Waals surface area contributed by atoms with E-state index in [1.165, 1.54) is 0 Å². The Morgan fingerprint density at radius 1 is 1.44 bits per heavy atom. The smallest absolute Gasteiger partial charge is 0.251 e. The van der Waals surface area contributed by atoms with Gasteiger partial charge in [-0.05, 0) is 44.5 Å². The number of aryl methyl sites for hydroxylation is 1. The molecule has 0 saturated carbocycles. The van der Waals surface area contributed by atoms with Gasteiger partial charge in [-0.1, -0.05) is 0 Å². The first-order valence-corrected chi connectivity index (χ1v) is 6.24. The summed E-state index contributed by atoms with van der Waals surface area (Å²) in [6.07, 6.45) is 0.0241. The number of benzene rings is 1. The van der Waals surface area contributed by atoms with Gasteiger partial charge in [0.2, 0.25) is 0 Å². The minimum Gasteiger partial charge on any atom is -0.385 e. The van der Waals surface area contributed by atoms with Crippen molar-refractivity contribution in [3.63, 3.8) is 0 Å². The average molecular weight is 250 g/mol. The Hall–Kier alpha value is -1.55. The van der Waals surface area contributed by atoms with Crippen LogP contribution in [0, 0.1) is 6.92 Å². The Morgan fingerprint density at radius 2 is 2.17 bits per heavy atom. The van der Waals surface area contributed by atoms with Crippen molar-refractivity contribution in [2.45, 2.75) is 26.9 Å². The number of anilines is 1. The number of rotatable bonds is 6. The molecule has 0 aliphatic rings. The van der Waals surface area contributed by atoms with Crippen LogP contribution >= 0.6 is 0 Å². The molecule has 1 aromatic carbocycles. The first-order chi connectivity index (χ1) is 8.58. The number of hydrogen-bond donors (Lipinski definition) is 2. The summed E-state index contributed by atoms with van der Waals surface area (Å²) in [5.74, 6) is -0.0648. The maximum Gasteiger partial charge on any atom is 0.251 e. The molecule has 1 atom stereocenters. The summed E-state index contributed by atoms with van der Waals surface area (Å²) in [6.45, 7) is 7.35. The fourth-order valence-electron chi connectivity index (χ4n) is 1.62. The molecule has 0 aliphatic carbocycles. The van der Waals surface area contributed by atoms with Crippen LogP contribution in [0.25, 0.3) is 0 Å². The first kappa shape index (κ1) is 14.5. The van der Waals surface area contributed by atoms with Crippen molar-refractivity contribution >= 4 is 11.6 Å². The van der Waals surface area contributed by atoms with Crippen molar-refractivity contribution in [1.82, 2.24) is 5.32 Å². The van der Waals surface area contributed by atoms with Crippen LogP contribution in [-0.2, 0) is 4.74 Å². The van der Waals surface area contributed by atoms with Crippen LogP contribution in [0.4, 0.5) is 5.69 Å². The zero-order chi connectivity index (χ0) is 13.5. The molecule has 18 heavy (non-hydrogen) atoms. The van der Waals surface area contributed by atoms with Crippen LogP contribution < -0.4 is 10.6 Å². The molecule has 0 saturated heterocycles. The maximum absolute atomic E-state index is 11.9. The van der Waals surface area contributed by atoms with Crippen molar-refractivity contribution in [1.29, 1.82) is 0 Å². The van der Waals surface area contributed by atoms with Crippen molar-refractivity contribution in [3.05, 3.63) is 29.3 Å². The molecule has 2 N–H and O–H groups in total. The summed E-state index contributed by atoms with van der Waals surface area (Å²) in [4.78, 5) is 11.9. The fourth-order valence-corrected chi connectivity index (χ4v) is 1.62. The van der Waals surface area contributed by atoms with Crippen LogP contribution in [-0.4, -0.2) is 32.2 Å². The lowest BCUT2D eigenvalue weighted by Gasteiger charge is -2.12. The molecule has 0 heterocycles. The maximum atomic E-state index is 11.9. The van der Waals surface area contributed by atoms with E-state index >= 15 is 0 Å². The zero-order valence-corrected chi connectivity index (χ0v) is 11.5. The minimum atomic E-state index is -0.0648. The highest BCUT2D eigenvalue weighted by Crippen LogP contribution is 2.16. The summed E-state index contributed by atoms with van der Waals surface area (Å²) >= 11 is 0. The molecule has 4 nitrogen and oxygen atoms in total. The van der Waals surface area contributed by atoms with Gasteiger partial charge in [-0.3, -0.25) is 4.79 Å². The van der Waals surface area contributed by atoms with Crippen LogP contribution in [0.5, 0.6) is 0 Å². The highest BCUT2D eigenvalue weighted by Gasteiger charge is 2.08. The Morgan fingerprint density at radius 3 is 2.72 bits per heavy atom. The third-order valence-electron chi connectivity index (χ3n) is 2.81. The van der Waals surface area contributed by atoms with E-state index in [-0.39, 0.29) is 12.0 Å². The van der Waals surface area contributed by atoms with Gasteiger partial charge in [-0.2, -0.15) is 0 Å². The van der Waals surface area contributed by atoms with Gasteiger partial charge in [0.25, 0.3) is 5.91 Å². The third kappa shape index (κ3) is 4.04. The molecular weight excluding hydrogens is 228 g/mol. The summed E-state index contributed by atoms with van der Waals surface area (Å²) in [5, 5.41) is 6.09. The second kappa shape index (κ2) is 7.01. The lowest BCUT2D eigenvalue weighted by Crippen LogP contribution is -2.31. The summed E-state index contributed by atoms with van der Waals surface area (Å²) in [7, 11) is 1.63. The van der Waals surface area contributed by atoms with Gasteiger partial charge in [0.15, 0.2) is 0 Å². The molecule has 1 unspecified atom stereocenters. The van der Waals surface area contributed by atoms with Gasteiger partial charge < -0.3 is 15.4 Å². The number of nitrogens with one attached hydrogen (secondary N) is 2. The molecule has 0 fully saturated rings. The van der Waals surface area contributed by atoms with E-state index in [4.69, 9.17) is 4.74 Å². The molecule has 0 radical (unpaired) electrons. The summed E-state index contributed by atoms with van der Waals surface area (Å²) < 4.78 is 5.09. The lowest BCUT2D eigenvalue weighted by atomic mass is 10.1. The second-order valence-corrected chi connectivity index (χ2v) is 4.32. The number of methoxy groups -OCH3 is 1. The largest absolute Gasteiger partial charge is 0.385 e. The highest BCUT2D eigenvalue weighted by molar-refractivity contribution is 5.94. The topological polar surface area (TPSA) is 50.4 Å². The Balaban J connectivity index is 2.66. The Bertz CT molecular complexity index is 405. The van der Waals surface area contributed by atoms with E-state index in [9.17, 15) is 4.79 Å². The van der Waals surface area contributed by atoms with E-state index in [0.717, 1.165) is 17.8 Å². The van der Waals surface area contributed by atoms with Gasteiger partial charge in [0, 0.05) is 31.5 Å². The summed E-state index contributed by atoms with van der Waals surface area (Å²) in [6, 6.07) is 5.66. The van der Waals surface area contributed by atoms with E-state index in [2.05, 4.69) is 10.6 Å². The zero-order valence-electron chi connectivity index (χ0n) is 11.5. The number of hydrogen-bond acceptors (Lipinski definition) is 3.